The maximum atomic E-state index is 12.3. The average Bonchev–Trinajstić information content (AvgIpc) is 2.68. The van der Waals surface area contributed by atoms with Gasteiger partial charge in [-0.25, -0.2) is 0 Å². The maximum absolute atomic E-state index is 12.3. The topological polar surface area (TPSA) is 42.0 Å². The Bertz CT molecular complexity index is 818. The van der Waals surface area contributed by atoms with E-state index in [1.807, 2.05) is 0 Å². The van der Waals surface area contributed by atoms with Gasteiger partial charge in [0.25, 0.3) is 0 Å². The Morgan fingerprint density at radius 2 is 2.00 bits per heavy atom. The van der Waals surface area contributed by atoms with Crippen molar-refractivity contribution in [2.45, 2.75) is 70.3 Å². The van der Waals surface area contributed by atoms with E-state index in [0.717, 1.165) is 44.0 Å². The molecule has 2 aromatic rings. The Morgan fingerprint density at radius 3 is 2.88 bits per heavy atom. The van der Waals surface area contributed by atoms with Crippen LogP contribution in [0.1, 0.15) is 68.2 Å². The number of hydrogen-bond donors (Lipinski definition) is 1. The monoisotopic (exact) mass is 348 g/mol. The first-order valence-corrected chi connectivity index (χ1v) is 10.2. The standard InChI is InChI=1S/C23H28N2O/c26-23(24-17-9-2-1-3-10-17)16-8-13-18-19-11-4-6-14-21(19)25-22-15-7-5-12-20(18)22/h4-6,11-12,14,17H,1-3,7-10,13,15-16H2,(H,24,26). The highest BCUT2D eigenvalue weighted by molar-refractivity contribution is 5.86. The van der Waals surface area contributed by atoms with Gasteiger partial charge in [-0.3, -0.25) is 9.78 Å². The number of fused-ring (bicyclic) bond motifs is 2. The molecule has 0 saturated heterocycles. The lowest BCUT2D eigenvalue weighted by atomic mass is 9.91. The normalized spacial score (nSPS) is 17.2. The van der Waals surface area contributed by atoms with Gasteiger partial charge in [-0.2, -0.15) is 0 Å². The predicted molar refractivity (Wildman–Crippen MR) is 107 cm³/mol. The Hall–Kier alpha value is -2.16. The molecule has 0 spiro atoms. The molecule has 1 amide bonds. The number of carbonyl (C=O) groups is 1. The van der Waals surface area contributed by atoms with E-state index in [9.17, 15) is 4.79 Å². The molecule has 26 heavy (non-hydrogen) atoms. The fourth-order valence-electron chi connectivity index (χ4n) is 4.40. The molecule has 0 radical (unpaired) electrons. The molecular formula is C23H28N2O. The van der Waals surface area contributed by atoms with E-state index in [4.69, 9.17) is 4.98 Å². The van der Waals surface area contributed by atoms with Gasteiger partial charge in [0.1, 0.15) is 0 Å². The molecule has 1 fully saturated rings. The largest absolute Gasteiger partial charge is 0.353 e. The van der Waals surface area contributed by atoms with Crippen LogP contribution in [-0.4, -0.2) is 16.9 Å². The van der Waals surface area contributed by atoms with Crippen molar-refractivity contribution in [3.8, 4) is 0 Å². The number of benzene rings is 1. The summed E-state index contributed by atoms with van der Waals surface area (Å²) >= 11 is 0. The van der Waals surface area contributed by atoms with Gasteiger partial charge in [-0.1, -0.05) is 49.6 Å². The molecule has 1 aromatic heterocycles. The van der Waals surface area contributed by atoms with Gasteiger partial charge in [0, 0.05) is 23.5 Å². The van der Waals surface area contributed by atoms with Crippen molar-refractivity contribution in [3.63, 3.8) is 0 Å². The molecule has 4 rings (SSSR count). The molecule has 1 aromatic carbocycles. The van der Waals surface area contributed by atoms with Crippen molar-refractivity contribution in [1.29, 1.82) is 0 Å². The second-order valence-electron chi connectivity index (χ2n) is 7.66. The minimum Gasteiger partial charge on any atom is -0.353 e. The van der Waals surface area contributed by atoms with Crippen molar-refractivity contribution in [2.75, 3.05) is 0 Å². The van der Waals surface area contributed by atoms with Gasteiger partial charge in [0.15, 0.2) is 0 Å². The molecule has 1 heterocycles. The number of amides is 1. The van der Waals surface area contributed by atoms with Crippen molar-refractivity contribution in [3.05, 3.63) is 47.2 Å². The first-order valence-electron chi connectivity index (χ1n) is 10.2. The van der Waals surface area contributed by atoms with Crippen molar-refractivity contribution >= 4 is 22.9 Å². The summed E-state index contributed by atoms with van der Waals surface area (Å²) in [7, 11) is 0. The number of hydrogen-bond acceptors (Lipinski definition) is 2. The van der Waals surface area contributed by atoms with E-state index in [-0.39, 0.29) is 5.91 Å². The molecule has 3 heteroatoms. The molecule has 0 unspecified atom stereocenters. The number of nitrogens with one attached hydrogen (secondary N) is 1. The lowest BCUT2D eigenvalue weighted by Crippen LogP contribution is -2.36. The van der Waals surface area contributed by atoms with E-state index >= 15 is 0 Å². The van der Waals surface area contributed by atoms with Crippen LogP contribution in [-0.2, 0) is 17.6 Å². The number of aromatic nitrogens is 1. The number of nitrogens with zero attached hydrogens (tertiary/aromatic N) is 1. The third kappa shape index (κ3) is 3.82. The molecule has 2 aliphatic rings. The summed E-state index contributed by atoms with van der Waals surface area (Å²) in [5.74, 6) is 0.222. The summed E-state index contributed by atoms with van der Waals surface area (Å²) in [5.41, 5.74) is 4.96. The summed E-state index contributed by atoms with van der Waals surface area (Å²) in [6.07, 6.45) is 15.2. The first kappa shape index (κ1) is 17.3. The Morgan fingerprint density at radius 1 is 1.15 bits per heavy atom. The van der Waals surface area contributed by atoms with Crippen LogP contribution in [0.15, 0.2) is 30.3 Å². The van der Waals surface area contributed by atoms with Gasteiger partial charge in [0.2, 0.25) is 5.91 Å². The third-order valence-electron chi connectivity index (χ3n) is 5.75. The summed E-state index contributed by atoms with van der Waals surface area (Å²) in [5, 5.41) is 4.48. The Kier molecular flexibility index (Phi) is 5.33. The maximum Gasteiger partial charge on any atom is 0.220 e. The third-order valence-corrected chi connectivity index (χ3v) is 5.75. The highest BCUT2D eigenvalue weighted by Gasteiger charge is 2.17. The van der Waals surface area contributed by atoms with Crippen molar-refractivity contribution in [1.82, 2.24) is 10.3 Å². The zero-order chi connectivity index (χ0) is 17.8. The van der Waals surface area contributed by atoms with Crippen LogP contribution in [0.4, 0.5) is 0 Å². The SMILES string of the molecule is O=C(CCCc1c2c(nc3ccccc13)CCC=C2)NC1CCCCC1. The summed E-state index contributed by atoms with van der Waals surface area (Å²) in [6.45, 7) is 0. The summed E-state index contributed by atoms with van der Waals surface area (Å²) in [6, 6.07) is 8.83. The second kappa shape index (κ2) is 8.03. The van der Waals surface area contributed by atoms with E-state index in [1.165, 1.54) is 41.5 Å². The van der Waals surface area contributed by atoms with E-state index in [1.54, 1.807) is 0 Å². The lowest BCUT2D eigenvalue weighted by molar-refractivity contribution is -0.122. The van der Waals surface area contributed by atoms with E-state index < -0.39 is 0 Å². The number of pyridine rings is 1. The molecule has 3 nitrogen and oxygen atoms in total. The van der Waals surface area contributed by atoms with Gasteiger partial charge in [-0.05, 0) is 55.7 Å². The predicted octanol–water partition coefficient (Wildman–Crippen LogP) is 4.97. The molecular weight excluding hydrogens is 320 g/mol. The van der Waals surface area contributed by atoms with Crippen molar-refractivity contribution in [2.24, 2.45) is 0 Å². The van der Waals surface area contributed by atoms with Gasteiger partial charge in [0.05, 0.1) is 5.52 Å². The van der Waals surface area contributed by atoms with Crippen LogP contribution in [0, 0.1) is 0 Å². The van der Waals surface area contributed by atoms with E-state index in [2.05, 4.69) is 41.7 Å². The van der Waals surface area contributed by atoms with Crippen molar-refractivity contribution < 1.29 is 4.79 Å². The van der Waals surface area contributed by atoms with Gasteiger partial charge < -0.3 is 5.32 Å². The highest BCUT2D eigenvalue weighted by atomic mass is 16.1. The van der Waals surface area contributed by atoms with Crippen LogP contribution in [0.3, 0.4) is 0 Å². The Balaban J connectivity index is 1.45. The quantitative estimate of drug-likeness (QED) is 0.829. The minimum absolute atomic E-state index is 0.222. The second-order valence-corrected chi connectivity index (χ2v) is 7.66. The summed E-state index contributed by atoms with van der Waals surface area (Å²) in [4.78, 5) is 17.2. The molecule has 0 bridgehead atoms. The van der Waals surface area contributed by atoms with Crippen LogP contribution < -0.4 is 5.32 Å². The number of allylic oxidation sites excluding steroid dienone is 1. The number of aryl methyl sites for hydroxylation is 2. The molecule has 0 aliphatic heterocycles. The molecule has 1 saturated carbocycles. The van der Waals surface area contributed by atoms with E-state index in [0.29, 0.717) is 12.5 Å². The fraction of sp³-hybridized carbons (Fsp3) is 0.478. The fourth-order valence-corrected chi connectivity index (χ4v) is 4.40. The number of para-hydroxylation sites is 1. The molecule has 0 atom stereocenters. The molecule has 136 valence electrons. The zero-order valence-electron chi connectivity index (χ0n) is 15.5. The molecule has 2 aliphatic carbocycles. The summed E-state index contributed by atoms with van der Waals surface area (Å²) < 4.78 is 0. The van der Waals surface area contributed by atoms with Crippen LogP contribution in [0.2, 0.25) is 0 Å². The van der Waals surface area contributed by atoms with Crippen LogP contribution in [0.25, 0.3) is 17.0 Å². The van der Waals surface area contributed by atoms with Gasteiger partial charge in [-0.15, -0.1) is 0 Å². The Labute approximate surface area is 155 Å². The lowest BCUT2D eigenvalue weighted by Gasteiger charge is -2.22. The van der Waals surface area contributed by atoms with Gasteiger partial charge >= 0.3 is 0 Å². The number of carbonyl (C=O) groups excluding carboxylic acids is 1. The smallest absolute Gasteiger partial charge is 0.220 e. The first-order chi connectivity index (χ1) is 12.8. The minimum atomic E-state index is 0.222. The molecule has 1 N–H and O–H groups in total. The number of rotatable bonds is 5. The zero-order valence-corrected chi connectivity index (χ0v) is 15.5. The van der Waals surface area contributed by atoms with Crippen LogP contribution in [0.5, 0.6) is 0 Å². The van der Waals surface area contributed by atoms with Crippen LogP contribution >= 0.6 is 0 Å². The highest BCUT2D eigenvalue weighted by Crippen LogP contribution is 2.29. The average molecular weight is 348 g/mol.